The summed E-state index contributed by atoms with van der Waals surface area (Å²) in [7, 11) is 0. The molecule has 0 atom stereocenters. The zero-order chi connectivity index (χ0) is 18.0. The molecule has 0 bridgehead atoms. The van der Waals surface area contributed by atoms with E-state index in [-0.39, 0.29) is 11.4 Å². The molecule has 0 unspecified atom stereocenters. The predicted molar refractivity (Wildman–Crippen MR) is 94.0 cm³/mol. The molecule has 0 spiro atoms. The van der Waals surface area contributed by atoms with Gasteiger partial charge in [-0.3, -0.25) is 4.79 Å². The molecule has 0 aliphatic carbocycles. The van der Waals surface area contributed by atoms with E-state index in [0.717, 1.165) is 22.2 Å². The van der Waals surface area contributed by atoms with Gasteiger partial charge in [-0.05, 0) is 60.4 Å². The number of aromatic nitrogens is 1. The summed E-state index contributed by atoms with van der Waals surface area (Å²) < 4.78 is 13.5. The molecular weight excluding hydrogens is 343 g/mol. The summed E-state index contributed by atoms with van der Waals surface area (Å²) in [5, 5.41) is 18.9. The van der Waals surface area contributed by atoms with Gasteiger partial charge in [0.25, 0.3) is 0 Å². The maximum atomic E-state index is 13.5. The molecule has 3 aromatic rings. The average molecular weight is 357 g/mol. The van der Waals surface area contributed by atoms with E-state index in [1.807, 2.05) is 6.07 Å². The van der Waals surface area contributed by atoms with Crippen molar-refractivity contribution in [3.8, 4) is 17.3 Å². The lowest BCUT2D eigenvalue weighted by Gasteiger charge is -2.06. The molecule has 2 aromatic carbocycles. The fourth-order valence-electron chi connectivity index (χ4n) is 2.89. The summed E-state index contributed by atoms with van der Waals surface area (Å²) in [5.74, 6) is -1.36. The number of fused-ring (bicyclic) bond motifs is 1. The number of carbonyl (C=O) groups is 1. The Labute approximate surface area is 148 Å². The van der Waals surface area contributed by atoms with E-state index in [4.69, 9.17) is 22.0 Å². The Balaban J connectivity index is 2.13. The van der Waals surface area contributed by atoms with E-state index >= 15 is 0 Å². The van der Waals surface area contributed by atoms with Crippen molar-refractivity contribution in [1.82, 2.24) is 4.98 Å². The quantitative estimate of drug-likeness (QED) is 0.682. The third kappa shape index (κ3) is 3.49. The maximum absolute atomic E-state index is 13.5. The Morgan fingerprint density at radius 1 is 1.28 bits per heavy atom. The van der Waals surface area contributed by atoms with Crippen LogP contribution in [0.2, 0.25) is 5.02 Å². The van der Waals surface area contributed by atoms with Crippen molar-refractivity contribution in [3.63, 3.8) is 0 Å². The summed E-state index contributed by atoms with van der Waals surface area (Å²) in [6.45, 7) is 0. The Kier molecular flexibility index (Phi) is 4.73. The first-order chi connectivity index (χ1) is 12.0. The van der Waals surface area contributed by atoms with E-state index in [2.05, 4.69) is 11.1 Å². The number of rotatable bonds is 5. The van der Waals surface area contributed by atoms with E-state index in [0.29, 0.717) is 24.0 Å². The minimum atomic E-state index is -0.857. The van der Waals surface area contributed by atoms with Crippen LogP contribution in [-0.2, 0) is 11.2 Å². The number of carboxylic acid groups (broad SMARTS) is 1. The van der Waals surface area contributed by atoms with Gasteiger partial charge in [0, 0.05) is 23.0 Å². The van der Waals surface area contributed by atoms with Crippen LogP contribution in [-0.4, -0.2) is 16.1 Å². The first-order valence-electron chi connectivity index (χ1n) is 7.71. The summed E-state index contributed by atoms with van der Waals surface area (Å²) in [6.07, 6.45) is 1.03. The lowest BCUT2D eigenvalue weighted by atomic mass is 9.99. The fraction of sp³-hybridized carbons (Fsp3) is 0.158. The van der Waals surface area contributed by atoms with Crippen molar-refractivity contribution in [1.29, 1.82) is 5.26 Å². The van der Waals surface area contributed by atoms with Crippen LogP contribution >= 0.6 is 11.6 Å². The number of halogens is 2. The van der Waals surface area contributed by atoms with Crippen LogP contribution < -0.4 is 0 Å². The Morgan fingerprint density at radius 2 is 2.08 bits per heavy atom. The highest BCUT2D eigenvalue weighted by atomic mass is 35.5. The van der Waals surface area contributed by atoms with Crippen LogP contribution in [0, 0.1) is 17.1 Å². The molecule has 1 aromatic heterocycles. The summed E-state index contributed by atoms with van der Waals surface area (Å²) in [5.41, 5.74) is 3.73. The third-order valence-electron chi connectivity index (χ3n) is 4.06. The lowest BCUT2D eigenvalue weighted by Crippen LogP contribution is -1.96. The molecule has 0 amide bonds. The van der Waals surface area contributed by atoms with Gasteiger partial charge >= 0.3 is 5.97 Å². The van der Waals surface area contributed by atoms with E-state index in [1.165, 1.54) is 12.1 Å². The molecule has 3 rings (SSSR count). The van der Waals surface area contributed by atoms with Gasteiger partial charge < -0.3 is 10.1 Å². The molecular formula is C19H14ClFN2O2. The molecule has 1 heterocycles. The van der Waals surface area contributed by atoms with Gasteiger partial charge in [-0.1, -0.05) is 11.6 Å². The number of benzene rings is 2. The van der Waals surface area contributed by atoms with Crippen molar-refractivity contribution < 1.29 is 14.3 Å². The second kappa shape index (κ2) is 6.96. The smallest absolute Gasteiger partial charge is 0.303 e. The third-order valence-corrected chi connectivity index (χ3v) is 4.35. The van der Waals surface area contributed by atoms with Crippen LogP contribution in [0.25, 0.3) is 22.2 Å². The second-order valence-electron chi connectivity index (χ2n) is 5.73. The van der Waals surface area contributed by atoms with Crippen molar-refractivity contribution >= 4 is 28.5 Å². The van der Waals surface area contributed by atoms with Crippen LogP contribution in [0.1, 0.15) is 24.0 Å². The second-order valence-corrected chi connectivity index (χ2v) is 6.13. The van der Waals surface area contributed by atoms with Crippen molar-refractivity contribution in [3.05, 3.63) is 58.4 Å². The van der Waals surface area contributed by atoms with E-state index < -0.39 is 11.8 Å². The topological polar surface area (TPSA) is 76.9 Å². The number of hydrogen-bond donors (Lipinski definition) is 2. The van der Waals surface area contributed by atoms with Gasteiger partial charge in [0.05, 0.1) is 16.7 Å². The van der Waals surface area contributed by atoms with Crippen molar-refractivity contribution in [2.75, 3.05) is 0 Å². The van der Waals surface area contributed by atoms with Gasteiger partial charge in [0.2, 0.25) is 0 Å². The first-order valence-corrected chi connectivity index (χ1v) is 8.09. The zero-order valence-electron chi connectivity index (χ0n) is 13.1. The van der Waals surface area contributed by atoms with Crippen LogP contribution in [0.15, 0.2) is 36.4 Å². The van der Waals surface area contributed by atoms with Crippen molar-refractivity contribution in [2.24, 2.45) is 0 Å². The summed E-state index contributed by atoms with van der Waals surface area (Å²) in [6, 6.07) is 11.9. The zero-order valence-corrected chi connectivity index (χ0v) is 13.9. The standard InChI is InChI=1S/C19H14ClFN2O2/c20-15-9-12(5-6-16(15)21)19-13(2-1-3-18(24)25)14-8-11(10-22)4-7-17(14)23-19/h4-9,23H,1-3H2,(H,24,25). The van der Waals surface area contributed by atoms with Gasteiger partial charge in [0.15, 0.2) is 0 Å². The summed E-state index contributed by atoms with van der Waals surface area (Å²) in [4.78, 5) is 14.1. The molecule has 0 aliphatic rings. The first kappa shape index (κ1) is 17.0. The summed E-state index contributed by atoms with van der Waals surface area (Å²) >= 11 is 5.90. The maximum Gasteiger partial charge on any atom is 0.303 e. The molecule has 0 radical (unpaired) electrons. The molecule has 0 aliphatic heterocycles. The monoisotopic (exact) mass is 356 g/mol. The van der Waals surface area contributed by atoms with Crippen molar-refractivity contribution in [2.45, 2.75) is 19.3 Å². The number of nitrogens with one attached hydrogen (secondary N) is 1. The average Bonchev–Trinajstić information content (AvgIpc) is 2.95. The fourth-order valence-corrected chi connectivity index (χ4v) is 3.07. The van der Waals surface area contributed by atoms with Crippen LogP contribution in [0.5, 0.6) is 0 Å². The number of aliphatic carboxylic acids is 1. The van der Waals surface area contributed by atoms with Gasteiger partial charge in [-0.2, -0.15) is 5.26 Å². The van der Waals surface area contributed by atoms with Gasteiger partial charge in [-0.25, -0.2) is 4.39 Å². The number of nitriles is 1. The molecule has 0 fully saturated rings. The predicted octanol–water partition coefficient (Wildman–Crippen LogP) is 4.91. The number of aryl methyl sites for hydroxylation is 1. The highest BCUT2D eigenvalue weighted by molar-refractivity contribution is 6.31. The van der Waals surface area contributed by atoms with Crippen LogP contribution in [0.3, 0.4) is 0 Å². The molecule has 0 saturated carbocycles. The normalized spacial score (nSPS) is 10.8. The number of aromatic amines is 1. The number of nitrogens with zero attached hydrogens (tertiary/aromatic N) is 1. The number of hydrogen-bond acceptors (Lipinski definition) is 2. The molecule has 4 nitrogen and oxygen atoms in total. The highest BCUT2D eigenvalue weighted by Gasteiger charge is 2.15. The van der Waals surface area contributed by atoms with Gasteiger partial charge in [-0.15, -0.1) is 0 Å². The molecule has 25 heavy (non-hydrogen) atoms. The Bertz CT molecular complexity index is 1000. The Hall–Kier alpha value is -2.84. The minimum absolute atomic E-state index is 0.0188. The largest absolute Gasteiger partial charge is 0.481 e. The molecule has 126 valence electrons. The molecule has 0 saturated heterocycles. The number of carboxylic acids is 1. The SMILES string of the molecule is N#Cc1ccc2[nH]c(-c3ccc(F)c(Cl)c3)c(CCCC(=O)O)c2c1. The van der Waals surface area contributed by atoms with Crippen LogP contribution in [0.4, 0.5) is 4.39 Å². The van der Waals surface area contributed by atoms with E-state index in [9.17, 15) is 9.18 Å². The number of H-pyrrole nitrogens is 1. The van der Waals surface area contributed by atoms with E-state index in [1.54, 1.807) is 18.2 Å². The molecule has 2 N–H and O–H groups in total. The van der Waals surface area contributed by atoms with Gasteiger partial charge in [0.1, 0.15) is 5.82 Å². The Morgan fingerprint density at radius 3 is 2.76 bits per heavy atom. The minimum Gasteiger partial charge on any atom is -0.481 e. The lowest BCUT2D eigenvalue weighted by molar-refractivity contribution is -0.137. The highest BCUT2D eigenvalue weighted by Crippen LogP contribution is 2.33. The molecule has 6 heteroatoms.